The summed E-state index contributed by atoms with van der Waals surface area (Å²) in [6, 6.07) is 7.18. The molecular formula is C15H24N2. The number of nitrogens with one attached hydrogen (secondary N) is 1. The third kappa shape index (κ3) is 2.56. The minimum Gasteiger partial charge on any atom is -0.382 e. The van der Waals surface area contributed by atoms with Crippen molar-refractivity contribution in [3.05, 3.63) is 23.8 Å². The zero-order valence-corrected chi connectivity index (χ0v) is 11.7. The maximum absolute atomic E-state index is 3.66. The number of benzene rings is 1. The molecule has 17 heavy (non-hydrogen) atoms. The molecule has 94 valence electrons. The number of aryl methyl sites for hydroxylation is 1. The highest BCUT2D eigenvalue weighted by Crippen LogP contribution is 2.49. The van der Waals surface area contributed by atoms with E-state index in [0.717, 1.165) is 0 Å². The van der Waals surface area contributed by atoms with E-state index < -0.39 is 0 Å². The van der Waals surface area contributed by atoms with Crippen molar-refractivity contribution >= 4 is 11.4 Å². The highest BCUT2D eigenvalue weighted by atomic mass is 15.1. The summed E-state index contributed by atoms with van der Waals surface area (Å²) in [7, 11) is 4.16. The van der Waals surface area contributed by atoms with E-state index in [1.807, 2.05) is 0 Å². The molecule has 0 aliphatic heterocycles. The van der Waals surface area contributed by atoms with Crippen LogP contribution in [0.25, 0.3) is 0 Å². The second-order valence-electron chi connectivity index (χ2n) is 5.91. The number of anilines is 2. The summed E-state index contributed by atoms with van der Waals surface area (Å²) >= 11 is 0. The molecule has 0 radical (unpaired) electrons. The molecule has 1 unspecified atom stereocenters. The van der Waals surface area contributed by atoms with Gasteiger partial charge >= 0.3 is 0 Å². The first kappa shape index (κ1) is 12.3. The predicted molar refractivity (Wildman–Crippen MR) is 75.9 cm³/mol. The Kier molecular flexibility index (Phi) is 3.07. The Balaban J connectivity index is 2.11. The van der Waals surface area contributed by atoms with Gasteiger partial charge in [0.2, 0.25) is 0 Å². The minimum absolute atomic E-state index is 0.520. The van der Waals surface area contributed by atoms with Crippen molar-refractivity contribution in [2.24, 2.45) is 5.41 Å². The van der Waals surface area contributed by atoms with Crippen LogP contribution in [0, 0.1) is 12.3 Å². The lowest BCUT2D eigenvalue weighted by Gasteiger charge is -2.23. The van der Waals surface area contributed by atoms with Gasteiger partial charge in [-0.15, -0.1) is 0 Å². The third-order valence-electron chi connectivity index (χ3n) is 4.18. The van der Waals surface area contributed by atoms with Crippen LogP contribution in [-0.4, -0.2) is 20.1 Å². The molecule has 0 amide bonds. The molecule has 2 rings (SSSR count). The smallest absolute Gasteiger partial charge is 0.0373 e. The lowest BCUT2D eigenvalue weighted by Crippen LogP contribution is -2.25. The molecular weight excluding hydrogens is 208 g/mol. The van der Waals surface area contributed by atoms with Gasteiger partial charge in [-0.25, -0.2) is 0 Å². The van der Waals surface area contributed by atoms with Crippen LogP contribution < -0.4 is 10.2 Å². The van der Waals surface area contributed by atoms with E-state index in [-0.39, 0.29) is 0 Å². The first-order valence-corrected chi connectivity index (χ1v) is 6.47. The predicted octanol–water partition coefficient (Wildman–Crippen LogP) is 3.66. The number of hydrogen-bond donors (Lipinski definition) is 1. The Bertz CT molecular complexity index is 405. The topological polar surface area (TPSA) is 15.3 Å². The van der Waals surface area contributed by atoms with Crippen LogP contribution in [0.2, 0.25) is 0 Å². The van der Waals surface area contributed by atoms with Crippen molar-refractivity contribution in [1.82, 2.24) is 0 Å². The molecule has 1 aliphatic rings. The molecule has 1 fully saturated rings. The summed E-state index contributed by atoms with van der Waals surface area (Å²) in [4.78, 5) is 2.14. The van der Waals surface area contributed by atoms with Crippen LogP contribution in [-0.2, 0) is 0 Å². The Morgan fingerprint density at radius 2 is 1.94 bits per heavy atom. The van der Waals surface area contributed by atoms with Gasteiger partial charge in [-0.2, -0.15) is 0 Å². The highest BCUT2D eigenvalue weighted by Gasteiger charge is 2.42. The summed E-state index contributed by atoms with van der Waals surface area (Å²) in [5, 5.41) is 3.66. The van der Waals surface area contributed by atoms with Crippen molar-refractivity contribution in [3.63, 3.8) is 0 Å². The maximum atomic E-state index is 3.66. The fraction of sp³-hybridized carbons (Fsp3) is 0.600. The van der Waals surface area contributed by atoms with E-state index in [1.54, 1.807) is 0 Å². The zero-order chi connectivity index (χ0) is 12.6. The highest BCUT2D eigenvalue weighted by molar-refractivity contribution is 5.60. The quantitative estimate of drug-likeness (QED) is 0.852. The average Bonchev–Trinajstić information content (AvgIpc) is 3.00. The molecule has 1 aliphatic carbocycles. The molecule has 1 saturated carbocycles. The second kappa shape index (κ2) is 4.25. The summed E-state index contributed by atoms with van der Waals surface area (Å²) < 4.78 is 0. The van der Waals surface area contributed by atoms with E-state index in [1.165, 1.54) is 29.8 Å². The van der Waals surface area contributed by atoms with Crippen LogP contribution >= 0.6 is 0 Å². The van der Waals surface area contributed by atoms with Gasteiger partial charge < -0.3 is 10.2 Å². The van der Waals surface area contributed by atoms with Crippen molar-refractivity contribution in [2.75, 3.05) is 24.3 Å². The van der Waals surface area contributed by atoms with Gasteiger partial charge in [0, 0.05) is 31.5 Å². The van der Waals surface area contributed by atoms with E-state index in [2.05, 4.69) is 63.3 Å². The van der Waals surface area contributed by atoms with Gasteiger partial charge in [-0.1, -0.05) is 6.92 Å². The molecule has 1 aromatic rings. The fourth-order valence-corrected chi connectivity index (χ4v) is 2.13. The lowest BCUT2D eigenvalue weighted by atomic mass is 10.00. The first-order chi connectivity index (χ1) is 7.92. The van der Waals surface area contributed by atoms with Crippen molar-refractivity contribution in [3.8, 4) is 0 Å². The van der Waals surface area contributed by atoms with Crippen LogP contribution in [0.3, 0.4) is 0 Å². The molecule has 2 heteroatoms. The van der Waals surface area contributed by atoms with E-state index >= 15 is 0 Å². The molecule has 0 heterocycles. The summed E-state index contributed by atoms with van der Waals surface area (Å²) in [5.41, 5.74) is 4.38. The van der Waals surface area contributed by atoms with Gasteiger partial charge in [0.1, 0.15) is 0 Å². The molecule has 0 bridgehead atoms. The lowest BCUT2D eigenvalue weighted by molar-refractivity contribution is 0.493. The molecule has 0 aromatic heterocycles. The molecule has 1 atom stereocenters. The average molecular weight is 232 g/mol. The summed E-state index contributed by atoms with van der Waals surface area (Å²) in [6.45, 7) is 6.85. The van der Waals surface area contributed by atoms with Gasteiger partial charge in [-0.05, 0) is 55.9 Å². The molecule has 2 nitrogen and oxygen atoms in total. The van der Waals surface area contributed by atoms with E-state index in [9.17, 15) is 0 Å². The van der Waals surface area contributed by atoms with Gasteiger partial charge in [0.15, 0.2) is 0 Å². The molecule has 1 aromatic carbocycles. The zero-order valence-electron chi connectivity index (χ0n) is 11.7. The Morgan fingerprint density at radius 3 is 2.41 bits per heavy atom. The standard InChI is InChI=1S/C15H24N2/c1-11-10-13(17(4)5)6-7-14(11)16-12(2)15(3)8-9-15/h6-7,10,12,16H,8-9H2,1-5H3. The van der Waals surface area contributed by atoms with Gasteiger partial charge in [0.25, 0.3) is 0 Å². The number of hydrogen-bond acceptors (Lipinski definition) is 2. The summed E-state index contributed by atoms with van der Waals surface area (Å²) in [6.07, 6.45) is 2.71. The van der Waals surface area contributed by atoms with Crippen LogP contribution in [0.1, 0.15) is 32.3 Å². The molecule has 0 spiro atoms. The maximum Gasteiger partial charge on any atom is 0.0373 e. The normalized spacial score (nSPS) is 18.6. The Hall–Kier alpha value is -1.18. The second-order valence-corrected chi connectivity index (χ2v) is 5.91. The molecule has 1 N–H and O–H groups in total. The van der Waals surface area contributed by atoms with E-state index in [4.69, 9.17) is 0 Å². The summed E-state index contributed by atoms with van der Waals surface area (Å²) in [5.74, 6) is 0. The van der Waals surface area contributed by atoms with Crippen LogP contribution in [0.4, 0.5) is 11.4 Å². The van der Waals surface area contributed by atoms with Gasteiger partial charge in [0.05, 0.1) is 0 Å². The van der Waals surface area contributed by atoms with Crippen LogP contribution in [0.15, 0.2) is 18.2 Å². The SMILES string of the molecule is Cc1cc(N(C)C)ccc1NC(C)C1(C)CC1. The van der Waals surface area contributed by atoms with Crippen molar-refractivity contribution in [2.45, 2.75) is 39.7 Å². The minimum atomic E-state index is 0.520. The van der Waals surface area contributed by atoms with Gasteiger partial charge in [-0.3, -0.25) is 0 Å². The van der Waals surface area contributed by atoms with Crippen molar-refractivity contribution < 1.29 is 0 Å². The monoisotopic (exact) mass is 232 g/mol. The Labute approximate surface area is 105 Å². The first-order valence-electron chi connectivity index (χ1n) is 6.47. The Morgan fingerprint density at radius 1 is 1.29 bits per heavy atom. The van der Waals surface area contributed by atoms with E-state index in [0.29, 0.717) is 11.5 Å². The number of rotatable bonds is 4. The fourth-order valence-electron chi connectivity index (χ4n) is 2.13. The largest absolute Gasteiger partial charge is 0.382 e. The van der Waals surface area contributed by atoms with Crippen molar-refractivity contribution in [1.29, 1.82) is 0 Å². The third-order valence-corrected chi connectivity index (χ3v) is 4.18. The van der Waals surface area contributed by atoms with Crippen LogP contribution in [0.5, 0.6) is 0 Å². The molecule has 0 saturated heterocycles. The number of nitrogens with zero attached hydrogens (tertiary/aromatic N) is 1.